The Labute approximate surface area is 120 Å². The summed E-state index contributed by atoms with van der Waals surface area (Å²) in [5.74, 6) is -0.0255. The lowest BCUT2D eigenvalue weighted by molar-refractivity contribution is -0.122. The van der Waals surface area contributed by atoms with E-state index in [9.17, 15) is 4.79 Å². The number of hydrogen-bond acceptors (Lipinski definition) is 5. The van der Waals surface area contributed by atoms with E-state index in [1.54, 1.807) is 18.0 Å². The maximum Gasteiger partial charge on any atom is 0.242 e. The monoisotopic (exact) mass is 283 g/mol. The van der Waals surface area contributed by atoms with Gasteiger partial charge in [-0.1, -0.05) is 19.1 Å². The van der Waals surface area contributed by atoms with E-state index in [0.717, 1.165) is 25.1 Å². The molecular weight excluding hydrogens is 258 g/mol. The Bertz CT molecular complexity index is 390. The first-order valence-corrected chi connectivity index (χ1v) is 7.07. The lowest BCUT2D eigenvalue weighted by Gasteiger charge is -2.14. The van der Waals surface area contributed by atoms with Gasteiger partial charge in [0.1, 0.15) is 6.54 Å². The van der Waals surface area contributed by atoms with Crippen LogP contribution >= 0.6 is 0 Å². The third-order valence-electron chi connectivity index (χ3n) is 3.03. The molecule has 0 saturated carbocycles. The van der Waals surface area contributed by atoms with Gasteiger partial charge in [0, 0.05) is 26.2 Å². The van der Waals surface area contributed by atoms with Crippen molar-refractivity contribution in [2.45, 2.75) is 45.8 Å². The van der Waals surface area contributed by atoms with E-state index in [2.05, 4.69) is 34.8 Å². The lowest BCUT2D eigenvalue weighted by atomic mass is 10.2. The molecule has 0 unspecified atom stereocenters. The van der Waals surface area contributed by atoms with Crippen LogP contribution in [0.5, 0.6) is 0 Å². The molecule has 0 bridgehead atoms. The van der Waals surface area contributed by atoms with Crippen molar-refractivity contribution >= 4 is 5.91 Å². The average molecular weight is 283 g/mol. The topological polar surface area (TPSA) is 81.1 Å². The van der Waals surface area contributed by atoms with Crippen LogP contribution in [-0.2, 0) is 22.6 Å². The van der Waals surface area contributed by atoms with Gasteiger partial charge in [-0.3, -0.25) is 4.79 Å². The highest BCUT2D eigenvalue weighted by molar-refractivity contribution is 5.75. The van der Waals surface area contributed by atoms with Gasteiger partial charge < -0.3 is 15.4 Å². The fraction of sp³-hybridized carbons (Fsp3) is 0.769. The maximum absolute atomic E-state index is 11.8. The van der Waals surface area contributed by atoms with Crippen LogP contribution in [0.25, 0.3) is 0 Å². The molecule has 0 aliphatic carbocycles. The van der Waals surface area contributed by atoms with E-state index >= 15 is 0 Å². The summed E-state index contributed by atoms with van der Waals surface area (Å²) in [6.45, 7) is 6.38. The van der Waals surface area contributed by atoms with E-state index in [-0.39, 0.29) is 18.5 Å². The molecule has 0 saturated heterocycles. The number of amides is 1. The van der Waals surface area contributed by atoms with Crippen molar-refractivity contribution < 1.29 is 9.53 Å². The molecule has 1 amide bonds. The van der Waals surface area contributed by atoms with Crippen molar-refractivity contribution in [2.24, 2.45) is 0 Å². The van der Waals surface area contributed by atoms with Crippen LogP contribution in [-0.4, -0.2) is 47.2 Å². The Balaban J connectivity index is 2.33. The Morgan fingerprint density at radius 3 is 2.85 bits per heavy atom. The standard InChI is InChI=1S/C13H25N5O2/c1-4-11(5-2)15-13(19)10-18-9-12(16-17-18)8-14-6-7-20-3/h9,11,14H,4-8,10H2,1-3H3,(H,15,19). The largest absolute Gasteiger partial charge is 0.383 e. The van der Waals surface area contributed by atoms with Crippen molar-refractivity contribution in [2.75, 3.05) is 20.3 Å². The lowest BCUT2D eigenvalue weighted by Crippen LogP contribution is -2.36. The molecule has 0 radical (unpaired) electrons. The first kappa shape index (κ1) is 16.6. The highest BCUT2D eigenvalue weighted by Gasteiger charge is 2.10. The molecule has 1 aromatic rings. The smallest absolute Gasteiger partial charge is 0.242 e. The SMILES string of the molecule is CCC(CC)NC(=O)Cn1cc(CNCCOC)nn1. The molecule has 0 aromatic carbocycles. The second-order valence-electron chi connectivity index (χ2n) is 4.66. The summed E-state index contributed by atoms with van der Waals surface area (Å²) in [6.07, 6.45) is 3.66. The molecule has 0 fully saturated rings. The van der Waals surface area contributed by atoms with Crippen LogP contribution in [0.15, 0.2) is 6.20 Å². The molecular formula is C13H25N5O2. The first-order valence-electron chi connectivity index (χ1n) is 7.07. The quantitative estimate of drug-likeness (QED) is 0.604. The minimum atomic E-state index is -0.0255. The van der Waals surface area contributed by atoms with E-state index in [4.69, 9.17) is 4.74 Å². The Morgan fingerprint density at radius 1 is 1.45 bits per heavy atom. The van der Waals surface area contributed by atoms with Gasteiger partial charge in [0.05, 0.1) is 18.5 Å². The third kappa shape index (κ3) is 6.12. The second kappa shape index (κ2) is 9.44. The number of nitrogens with one attached hydrogen (secondary N) is 2. The van der Waals surface area contributed by atoms with E-state index in [1.807, 2.05) is 0 Å². The van der Waals surface area contributed by atoms with Gasteiger partial charge in [-0.2, -0.15) is 0 Å². The van der Waals surface area contributed by atoms with Crippen molar-refractivity contribution in [1.82, 2.24) is 25.6 Å². The minimum absolute atomic E-state index is 0.0255. The number of carbonyl (C=O) groups is 1. The van der Waals surface area contributed by atoms with Crippen LogP contribution < -0.4 is 10.6 Å². The Morgan fingerprint density at radius 2 is 2.20 bits per heavy atom. The molecule has 1 rings (SSSR count). The molecule has 0 spiro atoms. The fourth-order valence-corrected chi connectivity index (χ4v) is 1.80. The Hall–Kier alpha value is -1.47. The molecule has 1 aromatic heterocycles. The first-order chi connectivity index (χ1) is 9.69. The zero-order valence-corrected chi connectivity index (χ0v) is 12.6. The van der Waals surface area contributed by atoms with Crippen molar-refractivity contribution in [1.29, 1.82) is 0 Å². The Kier molecular flexibility index (Phi) is 7.82. The third-order valence-corrected chi connectivity index (χ3v) is 3.03. The van der Waals surface area contributed by atoms with Crippen molar-refractivity contribution in [3.63, 3.8) is 0 Å². The number of hydrogen-bond donors (Lipinski definition) is 2. The summed E-state index contributed by atoms with van der Waals surface area (Å²) in [4.78, 5) is 11.8. The van der Waals surface area contributed by atoms with Gasteiger partial charge >= 0.3 is 0 Å². The van der Waals surface area contributed by atoms with E-state index in [1.165, 1.54) is 0 Å². The van der Waals surface area contributed by atoms with Crippen LogP contribution in [0, 0.1) is 0 Å². The van der Waals surface area contributed by atoms with Crippen LogP contribution in [0.1, 0.15) is 32.4 Å². The number of methoxy groups -OCH3 is 1. The normalized spacial score (nSPS) is 11.0. The molecule has 1 heterocycles. The summed E-state index contributed by atoms with van der Waals surface area (Å²) in [5, 5.41) is 14.1. The number of carbonyl (C=O) groups excluding carboxylic acids is 1. The summed E-state index contributed by atoms with van der Waals surface area (Å²) in [6, 6.07) is 0.237. The van der Waals surface area contributed by atoms with E-state index in [0.29, 0.717) is 13.2 Å². The van der Waals surface area contributed by atoms with Gasteiger partial charge in [-0.15, -0.1) is 5.10 Å². The summed E-state index contributed by atoms with van der Waals surface area (Å²) < 4.78 is 6.50. The van der Waals surface area contributed by atoms with Gasteiger partial charge in [-0.25, -0.2) is 4.68 Å². The summed E-state index contributed by atoms with van der Waals surface area (Å²) in [5.41, 5.74) is 0.816. The number of rotatable bonds is 10. The molecule has 0 aliphatic heterocycles. The van der Waals surface area contributed by atoms with E-state index < -0.39 is 0 Å². The molecule has 20 heavy (non-hydrogen) atoms. The highest BCUT2D eigenvalue weighted by atomic mass is 16.5. The molecule has 0 aliphatic rings. The summed E-state index contributed by atoms with van der Waals surface area (Å²) in [7, 11) is 1.66. The van der Waals surface area contributed by atoms with Crippen molar-refractivity contribution in [3.8, 4) is 0 Å². The molecule has 7 heteroatoms. The number of ether oxygens (including phenoxy) is 1. The minimum Gasteiger partial charge on any atom is -0.383 e. The number of nitrogens with zero attached hydrogens (tertiary/aromatic N) is 3. The molecule has 114 valence electrons. The van der Waals surface area contributed by atoms with Crippen LogP contribution in [0.2, 0.25) is 0 Å². The predicted octanol–water partition coefficient (Wildman–Crippen LogP) is 0.319. The van der Waals surface area contributed by atoms with Crippen molar-refractivity contribution in [3.05, 3.63) is 11.9 Å². The molecule has 7 nitrogen and oxygen atoms in total. The van der Waals surface area contributed by atoms with Gasteiger partial charge in [0.25, 0.3) is 0 Å². The molecule has 2 N–H and O–H groups in total. The van der Waals surface area contributed by atoms with Gasteiger partial charge in [-0.05, 0) is 12.8 Å². The zero-order chi connectivity index (χ0) is 14.8. The zero-order valence-electron chi connectivity index (χ0n) is 12.6. The predicted molar refractivity (Wildman–Crippen MR) is 76.1 cm³/mol. The highest BCUT2D eigenvalue weighted by Crippen LogP contribution is 1.97. The van der Waals surface area contributed by atoms with Crippen LogP contribution in [0.3, 0.4) is 0 Å². The molecule has 0 atom stereocenters. The number of aromatic nitrogens is 3. The summed E-state index contributed by atoms with van der Waals surface area (Å²) >= 11 is 0. The fourth-order valence-electron chi connectivity index (χ4n) is 1.80. The second-order valence-corrected chi connectivity index (χ2v) is 4.66. The van der Waals surface area contributed by atoms with Gasteiger partial charge in [0.2, 0.25) is 5.91 Å². The van der Waals surface area contributed by atoms with Crippen LogP contribution in [0.4, 0.5) is 0 Å². The average Bonchev–Trinajstić information content (AvgIpc) is 2.88. The van der Waals surface area contributed by atoms with Gasteiger partial charge in [0.15, 0.2) is 0 Å². The maximum atomic E-state index is 11.8.